The molecule has 3 aromatic carbocycles. The molecule has 32 heavy (non-hydrogen) atoms. The number of hydrogen-bond acceptors (Lipinski definition) is 7. The van der Waals surface area contributed by atoms with Crippen molar-refractivity contribution in [3.8, 4) is 5.75 Å². The van der Waals surface area contributed by atoms with Gasteiger partial charge >= 0.3 is 11.9 Å². The summed E-state index contributed by atoms with van der Waals surface area (Å²) in [7, 11) is 0. The van der Waals surface area contributed by atoms with Crippen molar-refractivity contribution in [3.63, 3.8) is 0 Å². The van der Waals surface area contributed by atoms with Gasteiger partial charge < -0.3 is 9.47 Å². The molecule has 1 aliphatic heterocycles. The summed E-state index contributed by atoms with van der Waals surface area (Å²) >= 11 is 5.88. The average Bonchev–Trinajstić information content (AvgIpc) is 3.15. The molecular formula is C23H13ClN2O6. The van der Waals surface area contributed by atoms with Crippen LogP contribution in [0.5, 0.6) is 5.75 Å². The molecule has 0 aromatic heterocycles. The quantitative estimate of drug-likeness (QED) is 0.182. The van der Waals surface area contributed by atoms with Crippen molar-refractivity contribution in [1.29, 1.82) is 0 Å². The van der Waals surface area contributed by atoms with E-state index in [0.717, 1.165) is 0 Å². The molecular weight excluding hydrogens is 436 g/mol. The van der Waals surface area contributed by atoms with E-state index in [4.69, 9.17) is 21.1 Å². The van der Waals surface area contributed by atoms with Gasteiger partial charge in [0, 0.05) is 28.3 Å². The third-order valence-corrected chi connectivity index (χ3v) is 4.69. The summed E-state index contributed by atoms with van der Waals surface area (Å²) in [5.41, 5.74) is 1.05. The summed E-state index contributed by atoms with van der Waals surface area (Å²) in [4.78, 5) is 39.2. The number of halogens is 1. The number of nitrogens with zero attached hydrogens (tertiary/aromatic N) is 2. The number of rotatable bonds is 5. The summed E-state index contributed by atoms with van der Waals surface area (Å²) < 4.78 is 10.7. The van der Waals surface area contributed by atoms with Gasteiger partial charge in [0.15, 0.2) is 5.70 Å². The first kappa shape index (κ1) is 21.0. The first-order valence-electron chi connectivity index (χ1n) is 9.25. The van der Waals surface area contributed by atoms with Crippen LogP contribution in [-0.2, 0) is 9.53 Å². The van der Waals surface area contributed by atoms with Crippen LogP contribution in [0.2, 0.25) is 5.02 Å². The normalized spacial score (nSPS) is 14.1. The fraction of sp³-hybridized carbons (Fsp3) is 0. The Morgan fingerprint density at radius 1 is 1.03 bits per heavy atom. The molecule has 4 rings (SSSR count). The van der Waals surface area contributed by atoms with E-state index < -0.39 is 16.9 Å². The fourth-order valence-electron chi connectivity index (χ4n) is 2.84. The number of non-ortho nitro benzene ring substituents is 1. The van der Waals surface area contributed by atoms with Gasteiger partial charge in [0.05, 0.1) is 10.5 Å². The maximum atomic E-state index is 12.5. The van der Waals surface area contributed by atoms with Crippen molar-refractivity contribution in [2.24, 2.45) is 4.99 Å². The summed E-state index contributed by atoms with van der Waals surface area (Å²) in [6, 6.07) is 18.3. The van der Waals surface area contributed by atoms with Gasteiger partial charge in [-0.2, -0.15) is 0 Å². The molecule has 9 heteroatoms. The molecule has 0 fully saturated rings. The predicted octanol–water partition coefficient (Wildman–Crippen LogP) is 4.81. The molecule has 0 spiro atoms. The number of aliphatic imine (C=N–C) groups is 1. The SMILES string of the molecule is O=C1OC(c2ccc(Cl)cc2)=N/C1=C\c1ccccc1OC(=O)c1ccc([N+](=O)[O-])cc1. The molecule has 0 aliphatic carbocycles. The van der Waals surface area contributed by atoms with Gasteiger partial charge in [-0.25, -0.2) is 14.6 Å². The Balaban J connectivity index is 1.58. The standard InChI is InChI=1S/C23H13ClN2O6/c24-17-9-5-14(6-10-17)21-25-19(23(28)32-21)13-16-3-1-2-4-20(16)31-22(27)15-7-11-18(12-8-15)26(29)30/h1-13H/b19-13-. The molecule has 158 valence electrons. The van der Waals surface area contributed by atoms with E-state index in [2.05, 4.69) is 4.99 Å². The average molecular weight is 449 g/mol. The molecule has 0 radical (unpaired) electrons. The highest BCUT2D eigenvalue weighted by Crippen LogP contribution is 2.26. The third kappa shape index (κ3) is 4.55. The summed E-state index contributed by atoms with van der Waals surface area (Å²) in [6.07, 6.45) is 1.45. The Morgan fingerprint density at radius 2 is 1.72 bits per heavy atom. The van der Waals surface area contributed by atoms with Gasteiger partial charge in [0.1, 0.15) is 5.75 Å². The summed E-state index contributed by atoms with van der Waals surface area (Å²) in [6.45, 7) is 0. The molecule has 0 saturated heterocycles. The van der Waals surface area contributed by atoms with Gasteiger partial charge in [0.25, 0.3) is 5.69 Å². The summed E-state index contributed by atoms with van der Waals surface area (Å²) in [5, 5.41) is 11.3. The Bertz CT molecular complexity index is 1280. The first-order chi connectivity index (χ1) is 15.4. The van der Waals surface area contributed by atoms with Crippen LogP contribution >= 0.6 is 11.6 Å². The Morgan fingerprint density at radius 3 is 2.41 bits per heavy atom. The van der Waals surface area contributed by atoms with Crippen LogP contribution in [0.3, 0.4) is 0 Å². The van der Waals surface area contributed by atoms with Crippen LogP contribution in [0.25, 0.3) is 6.08 Å². The van der Waals surface area contributed by atoms with Crippen LogP contribution in [0.1, 0.15) is 21.5 Å². The number of carbonyl (C=O) groups is 2. The Hall–Kier alpha value is -4.30. The van der Waals surface area contributed by atoms with Crippen molar-refractivity contribution < 1.29 is 24.0 Å². The molecule has 1 heterocycles. The predicted molar refractivity (Wildman–Crippen MR) is 117 cm³/mol. The van der Waals surface area contributed by atoms with Gasteiger partial charge in [-0.05, 0) is 48.5 Å². The van der Waals surface area contributed by atoms with E-state index >= 15 is 0 Å². The highest BCUT2D eigenvalue weighted by molar-refractivity contribution is 6.30. The van der Waals surface area contributed by atoms with Crippen molar-refractivity contribution in [2.45, 2.75) is 0 Å². The lowest BCUT2D eigenvalue weighted by Crippen LogP contribution is -2.09. The molecule has 0 atom stereocenters. The number of esters is 2. The van der Waals surface area contributed by atoms with E-state index in [1.54, 1.807) is 48.5 Å². The molecule has 0 N–H and O–H groups in total. The van der Waals surface area contributed by atoms with E-state index in [1.807, 2.05) is 0 Å². The first-order valence-corrected chi connectivity index (χ1v) is 9.63. The number of ether oxygens (including phenoxy) is 2. The lowest BCUT2D eigenvalue weighted by atomic mass is 10.1. The number of nitro benzene ring substituents is 1. The minimum atomic E-state index is -0.704. The number of hydrogen-bond donors (Lipinski definition) is 0. The number of para-hydroxylation sites is 1. The third-order valence-electron chi connectivity index (χ3n) is 4.44. The van der Waals surface area contributed by atoms with Crippen LogP contribution in [-0.4, -0.2) is 22.8 Å². The van der Waals surface area contributed by atoms with Gasteiger partial charge in [-0.1, -0.05) is 29.8 Å². The maximum absolute atomic E-state index is 12.5. The van der Waals surface area contributed by atoms with Crippen molar-refractivity contribution in [2.75, 3.05) is 0 Å². The monoisotopic (exact) mass is 448 g/mol. The topological polar surface area (TPSA) is 108 Å². The summed E-state index contributed by atoms with van der Waals surface area (Å²) in [5.74, 6) is -1.03. The molecule has 1 aliphatic rings. The van der Waals surface area contributed by atoms with Crippen molar-refractivity contribution >= 4 is 41.2 Å². The van der Waals surface area contributed by atoms with Gasteiger partial charge in [-0.15, -0.1) is 0 Å². The maximum Gasteiger partial charge on any atom is 0.363 e. The van der Waals surface area contributed by atoms with Crippen LogP contribution in [0, 0.1) is 10.1 Å². The zero-order chi connectivity index (χ0) is 22.7. The van der Waals surface area contributed by atoms with Crippen molar-refractivity contribution in [1.82, 2.24) is 0 Å². The van der Waals surface area contributed by atoms with Crippen molar-refractivity contribution in [3.05, 3.63) is 110 Å². The van der Waals surface area contributed by atoms with E-state index in [-0.39, 0.29) is 28.6 Å². The Labute approximate surface area is 186 Å². The largest absolute Gasteiger partial charge is 0.422 e. The number of carbonyl (C=O) groups excluding carboxylic acids is 2. The molecule has 0 amide bonds. The van der Waals surface area contributed by atoms with Crippen LogP contribution < -0.4 is 4.74 Å². The fourth-order valence-corrected chi connectivity index (χ4v) is 2.97. The van der Waals surface area contributed by atoms with E-state index in [9.17, 15) is 19.7 Å². The van der Waals surface area contributed by atoms with Crippen LogP contribution in [0.4, 0.5) is 5.69 Å². The van der Waals surface area contributed by atoms with Crippen LogP contribution in [0.15, 0.2) is 83.5 Å². The minimum absolute atomic E-state index is 0.0359. The molecule has 0 saturated carbocycles. The zero-order valence-electron chi connectivity index (χ0n) is 16.2. The number of benzene rings is 3. The van der Waals surface area contributed by atoms with E-state index in [0.29, 0.717) is 16.1 Å². The second kappa shape index (κ2) is 8.83. The van der Waals surface area contributed by atoms with E-state index in [1.165, 1.54) is 30.3 Å². The number of nitro groups is 1. The van der Waals surface area contributed by atoms with Gasteiger partial charge in [-0.3, -0.25) is 10.1 Å². The Kier molecular flexibility index (Phi) is 5.78. The molecule has 0 bridgehead atoms. The molecule has 8 nitrogen and oxygen atoms in total. The van der Waals surface area contributed by atoms with Gasteiger partial charge in [0.2, 0.25) is 5.90 Å². The zero-order valence-corrected chi connectivity index (χ0v) is 17.0. The lowest BCUT2D eigenvalue weighted by molar-refractivity contribution is -0.384. The molecule has 0 unspecified atom stereocenters. The highest BCUT2D eigenvalue weighted by Gasteiger charge is 2.24. The number of cyclic esters (lactones) is 1. The second-order valence-electron chi connectivity index (χ2n) is 6.57. The smallest absolute Gasteiger partial charge is 0.363 e. The highest BCUT2D eigenvalue weighted by atomic mass is 35.5. The minimum Gasteiger partial charge on any atom is -0.422 e. The lowest BCUT2D eigenvalue weighted by Gasteiger charge is -2.07. The second-order valence-corrected chi connectivity index (χ2v) is 7.01. The molecule has 3 aromatic rings.